The highest BCUT2D eigenvalue weighted by molar-refractivity contribution is 5.26. The van der Waals surface area contributed by atoms with Gasteiger partial charge in [0.25, 0.3) is 0 Å². The molecule has 2 aromatic rings. The molecule has 0 aromatic carbocycles. The fraction of sp³-hybridized carbons (Fsp3) is 0.600. The molecule has 0 bridgehead atoms. The second kappa shape index (κ2) is 5.31. The third kappa shape index (κ3) is 2.45. The van der Waals surface area contributed by atoms with Crippen LogP contribution in [0.25, 0.3) is 0 Å². The molecule has 2 aromatic heterocycles. The molecule has 2 aliphatic rings. The summed E-state index contributed by atoms with van der Waals surface area (Å²) in [4.78, 5) is 2.42. The number of nitrogen functional groups attached to an aromatic ring is 1. The van der Waals surface area contributed by atoms with Crippen molar-refractivity contribution in [3.05, 3.63) is 29.5 Å². The summed E-state index contributed by atoms with van der Waals surface area (Å²) in [6.45, 7) is 1.87. The molecule has 1 aliphatic heterocycles. The number of nitrogens with zero attached hydrogens (tertiary/aromatic N) is 6. The molecule has 7 nitrogen and oxygen atoms in total. The van der Waals surface area contributed by atoms with E-state index in [-0.39, 0.29) is 0 Å². The summed E-state index contributed by atoms with van der Waals surface area (Å²) in [5.74, 6) is 3.27. The third-order valence-electron chi connectivity index (χ3n) is 4.70. The van der Waals surface area contributed by atoms with Gasteiger partial charge in [0.1, 0.15) is 17.5 Å². The molecule has 3 heterocycles. The fourth-order valence-corrected chi connectivity index (χ4v) is 3.27. The predicted molar refractivity (Wildman–Crippen MR) is 81.8 cm³/mol. The Morgan fingerprint density at radius 1 is 1.14 bits per heavy atom. The standard InChI is InChI=1S/C15H21N7/c1-21-14(19-20-15(21)10-4-5-10)9-22-8-2-3-12(22)11-6-7-13(16)18-17-11/h6-7,10,12H,2-5,8-9H2,1H3,(H2,16,18). The van der Waals surface area contributed by atoms with Crippen LogP contribution in [-0.2, 0) is 13.6 Å². The van der Waals surface area contributed by atoms with Gasteiger partial charge in [0.05, 0.1) is 18.3 Å². The second-order valence-corrected chi connectivity index (χ2v) is 6.32. The first-order valence-corrected chi connectivity index (χ1v) is 7.93. The van der Waals surface area contributed by atoms with Crippen molar-refractivity contribution in [2.75, 3.05) is 12.3 Å². The zero-order valence-corrected chi connectivity index (χ0v) is 12.8. The van der Waals surface area contributed by atoms with Gasteiger partial charge in [-0.05, 0) is 44.4 Å². The topological polar surface area (TPSA) is 85.8 Å². The largest absolute Gasteiger partial charge is 0.382 e. The Hall–Kier alpha value is -2.02. The second-order valence-electron chi connectivity index (χ2n) is 6.32. The lowest BCUT2D eigenvalue weighted by atomic mass is 10.1. The van der Waals surface area contributed by atoms with Crippen LogP contribution in [0.4, 0.5) is 5.82 Å². The molecule has 1 unspecified atom stereocenters. The van der Waals surface area contributed by atoms with E-state index in [1.165, 1.54) is 19.3 Å². The van der Waals surface area contributed by atoms with E-state index in [4.69, 9.17) is 5.73 Å². The highest BCUT2D eigenvalue weighted by atomic mass is 15.3. The summed E-state index contributed by atoms with van der Waals surface area (Å²) in [6.07, 6.45) is 4.77. The molecule has 2 fully saturated rings. The Morgan fingerprint density at radius 2 is 2.00 bits per heavy atom. The van der Waals surface area contributed by atoms with Crippen LogP contribution in [0.15, 0.2) is 12.1 Å². The average Bonchev–Trinajstić information content (AvgIpc) is 3.15. The van der Waals surface area contributed by atoms with E-state index in [0.717, 1.165) is 36.9 Å². The Bertz CT molecular complexity index is 659. The molecule has 4 rings (SSSR count). The van der Waals surface area contributed by atoms with Gasteiger partial charge in [0, 0.05) is 13.0 Å². The van der Waals surface area contributed by atoms with Crippen LogP contribution in [0.2, 0.25) is 0 Å². The molecule has 1 aliphatic carbocycles. The molecule has 2 N–H and O–H groups in total. The maximum atomic E-state index is 5.63. The lowest BCUT2D eigenvalue weighted by Gasteiger charge is -2.23. The normalized spacial score (nSPS) is 22.3. The highest BCUT2D eigenvalue weighted by Crippen LogP contribution is 2.39. The SMILES string of the molecule is Cn1c(CN2CCCC2c2ccc(N)nn2)nnc1C1CC1. The van der Waals surface area contributed by atoms with Crippen molar-refractivity contribution >= 4 is 5.82 Å². The van der Waals surface area contributed by atoms with Crippen LogP contribution in [0.3, 0.4) is 0 Å². The summed E-state index contributed by atoms with van der Waals surface area (Å²) in [5.41, 5.74) is 6.63. The van der Waals surface area contributed by atoms with Gasteiger partial charge in [-0.25, -0.2) is 0 Å². The minimum absolute atomic E-state index is 0.300. The molecule has 7 heteroatoms. The lowest BCUT2D eigenvalue weighted by molar-refractivity contribution is 0.234. The summed E-state index contributed by atoms with van der Waals surface area (Å²) in [7, 11) is 2.08. The molecule has 1 saturated heterocycles. The molecular weight excluding hydrogens is 278 g/mol. The van der Waals surface area contributed by atoms with Gasteiger partial charge >= 0.3 is 0 Å². The first kappa shape index (κ1) is 13.6. The summed E-state index contributed by atoms with van der Waals surface area (Å²) in [6, 6.07) is 4.11. The summed E-state index contributed by atoms with van der Waals surface area (Å²) >= 11 is 0. The smallest absolute Gasteiger partial charge is 0.146 e. The Kier molecular flexibility index (Phi) is 3.29. The van der Waals surface area contributed by atoms with Crippen LogP contribution in [0.1, 0.15) is 55.0 Å². The number of anilines is 1. The first-order chi connectivity index (χ1) is 10.7. The Labute approximate surface area is 129 Å². The van der Waals surface area contributed by atoms with E-state index in [1.807, 2.05) is 12.1 Å². The zero-order chi connectivity index (χ0) is 15.1. The van der Waals surface area contributed by atoms with Crippen LogP contribution in [0, 0.1) is 0 Å². The van der Waals surface area contributed by atoms with Gasteiger partial charge in [0.15, 0.2) is 0 Å². The molecule has 1 saturated carbocycles. The lowest BCUT2D eigenvalue weighted by Crippen LogP contribution is -2.25. The van der Waals surface area contributed by atoms with Crippen LogP contribution in [-0.4, -0.2) is 36.4 Å². The minimum Gasteiger partial charge on any atom is -0.382 e. The maximum absolute atomic E-state index is 5.63. The first-order valence-electron chi connectivity index (χ1n) is 7.93. The van der Waals surface area contributed by atoms with Crippen molar-refractivity contribution in [3.63, 3.8) is 0 Å². The van der Waals surface area contributed by atoms with Crippen molar-refractivity contribution in [2.24, 2.45) is 7.05 Å². The van der Waals surface area contributed by atoms with Gasteiger partial charge in [-0.1, -0.05) is 0 Å². The molecule has 0 amide bonds. The Balaban J connectivity index is 1.52. The Morgan fingerprint density at radius 3 is 2.73 bits per heavy atom. The van der Waals surface area contributed by atoms with Crippen molar-refractivity contribution in [1.29, 1.82) is 0 Å². The maximum Gasteiger partial charge on any atom is 0.146 e. The van der Waals surface area contributed by atoms with Crippen molar-refractivity contribution < 1.29 is 0 Å². The van der Waals surface area contributed by atoms with E-state index in [1.54, 1.807) is 0 Å². The molecule has 0 spiro atoms. The average molecular weight is 299 g/mol. The van der Waals surface area contributed by atoms with Gasteiger partial charge in [-0.15, -0.1) is 15.3 Å². The predicted octanol–water partition coefficient (Wildman–Crippen LogP) is 1.40. The third-order valence-corrected chi connectivity index (χ3v) is 4.70. The molecule has 0 radical (unpaired) electrons. The minimum atomic E-state index is 0.300. The molecular formula is C15H21N7. The van der Waals surface area contributed by atoms with Crippen molar-refractivity contribution in [1.82, 2.24) is 29.9 Å². The molecule has 116 valence electrons. The summed E-state index contributed by atoms with van der Waals surface area (Å²) in [5, 5.41) is 17.0. The van der Waals surface area contributed by atoms with Gasteiger partial charge < -0.3 is 10.3 Å². The number of nitrogens with two attached hydrogens (primary N) is 1. The van der Waals surface area contributed by atoms with E-state index >= 15 is 0 Å². The highest BCUT2D eigenvalue weighted by Gasteiger charge is 2.32. The number of aromatic nitrogens is 5. The quantitative estimate of drug-likeness (QED) is 0.918. The van der Waals surface area contributed by atoms with Gasteiger partial charge in [-0.2, -0.15) is 5.10 Å². The van der Waals surface area contributed by atoms with E-state index in [9.17, 15) is 0 Å². The van der Waals surface area contributed by atoms with Crippen molar-refractivity contribution in [2.45, 2.75) is 44.2 Å². The fourth-order valence-electron chi connectivity index (χ4n) is 3.27. The summed E-state index contributed by atoms with van der Waals surface area (Å²) < 4.78 is 2.17. The van der Waals surface area contributed by atoms with Gasteiger partial charge in [0.2, 0.25) is 0 Å². The van der Waals surface area contributed by atoms with Gasteiger partial charge in [-0.3, -0.25) is 4.90 Å². The van der Waals surface area contributed by atoms with E-state index in [2.05, 4.69) is 36.9 Å². The molecule has 22 heavy (non-hydrogen) atoms. The number of rotatable bonds is 4. The van der Waals surface area contributed by atoms with E-state index < -0.39 is 0 Å². The number of likely N-dealkylation sites (tertiary alicyclic amines) is 1. The van der Waals surface area contributed by atoms with Crippen LogP contribution in [0.5, 0.6) is 0 Å². The van der Waals surface area contributed by atoms with E-state index in [0.29, 0.717) is 17.8 Å². The number of hydrogen-bond donors (Lipinski definition) is 1. The zero-order valence-electron chi connectivity index (χ0n) is 12.8. The monoisotopic (exact) mass is 299 g/mol. The van der Waals surface area contributed by atoms with Crippen LogP contribution < -0.4 is 5.73 Å². The van der Waals surface area contributed by atoms with Crippen molar-refractivity contribution in [3.8, 4) is 0 Å². The van der Waals surface area contributed by atoms with Crippen LogP contribution >= 0.6 is 0 Å². The molecule has 1 atom stereocenters. The number of hydrogen-bond acceptors (Lipinski definition) is 6.